The Balaban J connectivity index is 0.633. The monoisotopic (exact) mass is 1200 g/mol. The van der Waals surface area contributed by atoms with Crippen molar-refractivity contribution in [3.05, 3.63) is 137 Å². The van der Waals surface area contributed by atoms with Gasteiger partial charge in [0.05, 0.1) is 76.5 Å². The second-order valence-corrected chi connectivity index (χ2v) is 22.6. The lowest BCUT2D eigenvalue weighted by Gasteiger charge is -2.41. The Morgan fingerprint density at radius 3 is 2.24 bits per heavy atom. The number of fused-ring (bicyclic) bond motifs is 2. The summed E-state index contributed by atoms with van der Waals surface area (Å²) in [6.07, 6.45) is 6.36. The van der Waals surface area contributed by atoms with Crippen LogP contribution >= 0.6 is 0 Å². The van der Waals surface area contributed by atoms with Crippen molar-refractivity contribution >= 4 is 41.0 Å². The minimum atomic E-state index is -3.00. The Morgan fingerprint density at radius 2 is 1.53 bits per heavy atom. The van der Waals surface area contributed by atoms with E-state index in [-0.39, 0.29) is 73.9 Å². The number of alkyl halides is 2. The van der Waals surface area contributed by atoms with Crippen LogP contribution < -0.4 is 31.3 Å². The van der Waals surface area contributed by atoms with Crippen molar-refractivity contribution in [2.24, 2.45) is 11.3 Å². The first kappa shape index (κ1) is 63.3. The van der Waals surface area contributed by atoms with Crippen LogP contribution in [0.5, 0.6) is 5.75 Å². The van der Waals surface area contributed by atoms with Gasteiger partial charge in [0.25, 0.3) is 18.2 Å². The predicted octanol–water partition coefficient (Wildman–Crippen LogP) is 7.43. The molecule has 464 valence electrons. The van der Waals surface area contributed by atoms with Gasteiger partial charge >= 0.3 is 0 Å². The molecular formula is C63H76F2N10O12. The number of ether oxygens (including phenoxy) is 6. The largest absolute Gasteiger partial charge is 0.491 e. The molecule has 3 atom stereocenters. The summed E-state index contributed by atoms with van der Waals surface area (Å²) in [5.41, 5.74) is 3.73. The van der Waals surface area contributed by atoms with Crippen molar-refractivity contribution in [2.75, 3.05) is 96.9 Å². The number of oxazole rings is 1. The predicted molar refractivity (Wildman–Crippen MR) is 317 cm³/mol. The van der Waals surface area contributed by atoms with Crippen LogP contribution in [0.1, 0.15) is 108 Å². The Hall–Kier alpha value is -8.16. The molecule has 24 heteroatoms. The number of nitrogens with zero attached hydrogens (tertiary/aromatic N) is 5. The number of nitrogens with one attached hydrogen (secondary N) is 5. The molecule has 3 aromatic carbocycles. The van der Waals surface area contributed by atoms with E-state index in [0.717, 1.165) is 48.8 Å². The fourth-order valence-electron chi connectivity index (χ4n) is 10.2. The molecular weight excluding hydrogens is 1130 g/mol. The van der Waals surface area contributed by atoms with Gasteiger partial charge in [-0.1, -0.05) is 51.1 Å². The molecule has 1 fully saturated rings. The van der Waals surface area contributed by atoms with Gasteiger partial charge < -0.3 is 64.3 Å². The van der Waals surface area contributed by atoms with E-state index in [0.29, 0.717) is 87.0 Å². The SMILES string of the molecule is COCC(=O)N[C@H](C(=O)N1Cc2cc(OCCOCCOCCOCCOCCNC(=O)c3ccc(-n4cc(NC(=O)c5coc(-c6ccnc(NCC7CC7)c6)n5)c(C(F)F)n4)cc3)ccc2CC1C(=O)N[C@@H]1CCCc2ccccc21)C(C)(C)C. The smallest absolute Gasteiger partial charge is 0.284 e. The molecule has 3 aliphatic rings. The highest BCUT2D eigenvalue weighted by molar-refractivity contribution is 6.03. The van der Waals surface area contributed by atoms with Crippen LogP contribution in [-0.4, -0.2) is 153 Å². The second-order valence-electron chi connectivity index (χ2n) is 22.6. The highest BCUT2D eigenvalue weighted by Gasteiger charge is 2.43. The van der Waals surface area contributed by atoms with E-state index in [4.69, 9.17) is 32.8 Å². The highest BCUT2D eigenvalue weighted by Crippen LogP contribution is 2.35. The first-order valence-corrected chi connectivity index (χ1v) is 29.4. The normalized spacial score (nSPS) is 15.9. The van der Waals surface area contributed by atoms with Crippen LogP contribution in [0, 0.1) is 11.3 Å². The summed E-state index contributed by atoms with van der Waals surface area (Å²) >= 11 is 0. The Morgan fingerprint density at radius 1 is 0.805 bits per heavy atom. The number of carbonyl (C=O) groups excluding carboxylic acids is 5. The Bertz CT molecular complexity index is 3290. The van der Waals surface area contributed by atoms with Crippen LogP contribution in [0.25, 0.3) is 17.1 Å². The summed E-state index contributed by atoms with van der Waals surface area (Å²) < 4.78 is 68.6. The maximum atomic E-state index is 14.6. The summed E-state index contributed by atoms with van der Waals surface area (Å²) in [6.45, 7) is 9.41. The first-order valence-electron chi connectivity index (χ1n) is 29.4. The van der Waals surface area contributed by atoms with Gasteiger partial charge in [-0.3, -0.25) is 24.0 Å². The van der Waals surface area contributed by atoms with E-state index < -0.39 is 41.4 Å². The fraction of sp³-hybridized carbons (Fsp3) is 0.460. The van der Waals surface area contributed by atoms with Gasteiger partial charge in [0.15, 0.2) is 11.4 Å². The topological polar surface area (TPSA) is 261 Å². The van der Waals surface area contributed by atoms with Crippen molar-refractivity contribution in [1.29, 1.82) is 0 Å². The molecule has 1 aliphatic heterocycles. The number of anilines is 2. The molecule has 1 unspecified atom stereocenters. The van der Waals surface area contributed by atoms with Crippen molar-refractivity contribution in [3.8, 4) is 22.9 Å². The minimum Gasteiger partial charge on any atom is -0.491 e. The molecule has 87 heavy (non-hydrogen) atoms. The number of carbonyl (C=O) groups is 5. The summed E-state index contributed by atoms with van der Waals surface area (Å²) in [5, 5.41) is 18.7. The standard InChI is InChI=1S/C63H76F2N10O12/c1-63(2,3)56(72-54(76)39-81-4)62(80)74-36-45-32-47(19-16-43(45)33-52(74)60(79)69-49-11-7-9-41-8-5-6-10-48(41)49)86-31-30-85-29-28-84-27-26-83-25-24-82-23-22-67-58(77)42-14-17-46(18-15-42)75-37-50(55(73-75)57(64)65)70-59(78)51-38-87-61(71-51)44-20-21-66-53(34-44)68-35-40-12-13-40/h5-6,8,10,14-21,32,34,37-38,40,49,52,56-57H,7,9,11-13,22-31,33,35-36,39H2,1-4H3,(H,66,68)(H,67,77)(H,69,79)(H,70,78)(H,72,76)/t49-,52?,56-/m1/s1. The number of hydrogen-bond acceptors (Lipinski definition) is 16. The zero-order valence-electron chi connectivity index (χ0n) is 49.5. The number of aryl methyl sites for hydroxylation is 1. The summed E-state index contributed by atoms with van der Waals surface area (Å²) in [5.74, 6) is -0.0996. The van der Waals surface area contributed by atoms with Crippen LogP contribution in [0.15, 0.2) is 102 Å². The van der Waals surface area contributed by atoms with Gasteiger partial charge in [-0.15, -0.1) is 0 Å². The molecule has 3 aromatic heterocycles. The van der Waals surface area contributed by atoms with Crippen LogP contribution in [0.3, 0.4) is 0 Å². The molecule has 4 heterocycles. The molecule has 9 rings (SSSR count). The number of benzene rings is 3. The molecule has 6 aromatic rings. The number of methoxy groups -OCH3 is 1. The summed E-state index contributed by atoms with van der Waals surface area (Å²) in [7, 11) is 1.42. The van der Waals surface area contributed by atoms with Crippen molar-refractivity contribution in [2.45, 2.75) is 90.4 Å². The van der Waals surface area contributed by atoms with Gasteiger partial charge in [-0.05, 0) is 114 Å². The van der Waals surface area contributed by atoms with E-state index in [2.05, 4.69) is 53.8 Å². The maximum Gasteiger partial charge on any atom is 0.284 e. The molecule has 0 spiro atoms. The average molecular weight is 1200 g/mol. The number of pyridine rings is 1. The number of aromatic nitrogens is 4. The molecule has 0 bridgehead atoms. The highest BCUT2D eigenvalue weighted by atomic mass is 19.3. The zero-order chi connectivity index (χ0) is 61.3. The third-order valence-corrected chi connectivity index (χ3v) is 15.0. The summed E-state index contributed by atoms with van der Waals surface area (Å²) in [6, 6.07) is 21.5. The van der Waals surface area contributed by atoms with E-state index in [9.17, 15) is 32.8 Å². The van der Waals surface area contributed by atoms with Gasteiger partial charge in [-0.2, -0.15) is 5.10 Å². The van der Waals surface area contributed by atoms with E-state index in [1.54, 1.807) is 35.4 Å². The molecule has 22 nitrogen and oxygen atoms in total. The average Bonchev–Trinajstić information content (AvgIpc) is 2.58. The van der Waals surface area contributed by atoms with Gasteiger partial charge in [-0.25, -0.2) is 23.4 Å². The number of hydrogen-bond donors (Lipinski definition) is 5. The van der Waals surface area contributed by atoms with Crippen LogP contribution in [-0.2, 0) is 57.5 Å². The lowest BCUT2D eigenvalue weighted by atomic mass is 9.84. The molecule has 0 saturated heterocycles. The van der Waals surface area contributed by atoms with Crippen molar-refractivity contribution in [3.63, 3.8) is 0 Å². The summed E-state index contributed by atoms with van der Waals surface area (Å²) in [4.78, 5) is 77.8. The second kappa shape index (κ2) is 30.5. The van der Waals surface area contributed by atoms with Gasteiger partial charge in [0.1, 0.15) is 43.1 Å². The zero-order valence-corrected chi connectivity index (χ0v) is 49.5. The van der Waals surface area contributed by atoms with E-state index in [1.807, 2.05) is 51.1 Å². The van der Waals surface area contributed by atoms with E-state index >= 15 is 0 Å². The Labute approximate surface area is 503 Å². The molecule has 2 aliphatic carbocycles. The third kappa shape index (κ3) is 17.7. The molecule has 5 amide bonds. The van der Waals surface area contributed by atoms with Crippen LogP contribution in [0.2, 0.25) is 0 Å². The minimum absolute atomic E-state index is 0.115. The molecule has 1 saturated carbocycles. The lowest BCUT2D eigenvalue weighted by Crippen LogP contribution is -2.61. The maximum absolute atomic E-state index is 14.6. The number of halogens is 2. The first-order chi connectivity index (χ1) is 42.1. The molecule has 5 N–H and O–H groups in total. The van der Waals surface area contributed by atoms with Crippen molar-refractivity contribution < 1.29 is 65.6 Å². The molecule has 0 radical (unpaired) electrons. The van der Waals surface area contributed by atoms with Gasteiger partial charge in [0.2, 0.25) is 23.6 Å². The quantitative estimate of drug-likeness (QED) is 0.0265. The number of rotatable bonds is 31. The third-order valence-electron chi connectivity index (χ3n) is 15.0. The van der Waals surface area contributed by atoms with Crippen molar-refractivity contribution in [1.82, 2.24) is 40.6 Å². The fourth-order valence-corrected chi connectivity index (χ4v) is 10.2. The van der Waals surface area contributed by atoms with E-state index in [1.165, 1.54) is 48.5 Å². The Kier molecular flexibility index (Phi) is 22.2. The van der Waals surface area contributed by atoms with Gasteiger partial charge in [0, 0.05) is 50.5 Å². The number of amides is 5. The lowest BCUT2D eigenvalue weighted by molar-refractivity contribution is -0.147. The van der Waals surface area contributed by atoms with Crippen LogP contribution in [0.4, 0.5) is 20.3 Å².